The van der Waals surface area contributed by atoms with E-state index >= 15 is 0 Å². The Morgan fingerprint density at radius 1 is 0.714 bits per heavy atom. The molecule has 2 aromatic rings. The molecule has 0 aromatic heterocycles. The van der Waals surface area contributed by atoms with Crippen LogP contribution in [0.1, 0.15) is 11.1 Å². The van der Waals surface area contributed by atoms with Crippen LogP contribution in [0.15, 0.2) is 58.5 Å². The molecule has 0 spiro atoms. The van der Waals surface area contributed by atoms with E-state index in [4.69, 9.17) is 10.2 Å². The van der Waals surface area contributed by atoms with Gasteiger partial charge in [0.05, 0.1) is 0 Å². The van der Waals surface area contributed by atoms with Crippen molar-refractivity contribution in [1.29, 1.82) is 0 Å². The molecular weight excluding hydrogens is 318 g/mol. The minimum Gasteiger partial charge on any atom is -0.507 e. The molecule has 5 heteroatoms. The number of phenols is 2. The maximum absolute atomic E-state index is 9.15. The minimum atomic E-state index is 0. The molecule has 0 unspecified atom stereocenters. The topological polar surface area (TPSA) is 65.2 Å². The molecule has 0 saturated carbocycles. The SMILES string of the molecule is CN=Cc1ccccc1O.CN=Cc1ccccc1O.[Zn]. The first-order valence-electron chi connectivity index (χ1n) is 6.09. The Balaban J connectivity index is 0.000000364. The Kier molecular flexibility index (Phi) is 9.73. The molecule has 2 aromatic carbocycles. The Hall–Kier alpha value is -2.00. The quantitative estimate of drug-likeness (QED) is 0.654. The molecule has 2 rings (SSSR count). The molecule has 4 nitrogen and oxygen atoms in total. The molecule has 0 saturated heterocycles. The summed E-state index contributed by atoms with van der Waals surface area (Å²) in [5, 5.41) is 18.3. The van der Waals surface area contributed by atoms with Gasteiger partial charge in [-0.1, -0.05) is 24.3 Å². The van der Waals surface area contributed by atoms with Crippen molar-refractivity contribution in [3.05, 3.63) is 59.7 Å². The van der Waals surface area contributed by atoms with Crippen LogP contribution < -0.4 is 0 Å². The summed E-state index contributed by atoms with van der Waals surface area (Å²) in [6.07, 6.45) is 3.24. The summed E-state index contributed by atoms with van der Waals surface area (Å²) in [4.78, 5) is 7.56. The Labute approximate surface area is 137 Å². The molecule has 0 aliphatic heterocycles. The Morgan fingerprint density at radius 3 is 1.33 bits per heavy atom. The summed E-state index contributed by atoms with van der Waals surface area (Å²) in [6, 6.07) is 14.2. The zero-order chi connectivity index (χ0) is 14.8. The van der Waals surface area contributed by atoms with Crippen LogP contribution in [0.4, 0.5) is 0 Å². The molecule has 0 atom stereocenters. The van der Waals surface area contributed by atoms with Crippen molar-refractivity contribution in [3.63, 3.8) is 0 Å². The Bertz CT molecular complexity index is 545. The summed E-state index contributed by atoms with van der Waals surface area (Å²) in [5.74, 6) is 0.543. The summed E-state index contributed by atoms with van der Waals surface area (Å²) in [6.45, 7) is 0. The third-order valence-corrected chi connectivity index (χ3v) is 2.41. The number of hydrogen-bond acceptors (Lipinski definition) is 4. The smallest absolute Gasteiger partial charge is 0.124 e. The van der Waals surface area contributed by atoms with Crippen LogP contribution in [0.3, 0.4) is 0 Å². The van der Waals surface area contributed by atoms with Gasteiger partial charge in [0, 0.05) is 57.1 Å². The molecule has 0 aliphatic carbocycles. The van der Waals surface area contributed by atoms with Gasteiger partial charge in [-0.25, -0.2) is 0 Å². The minimum absolute atomic E-state index is 0. The standard InChI is InChI=1S/2C8H9NO.Zn/c2*1-9-6-7-4-2-3-5-8(7)10;/h2*2-6,10H,1H3;. The molecule has 0 amide bonds. The predicted octanol–water partition coefficient (Wildman–Crippen LogP) is 2.88. The van der Waals surface area contributed by atoms with E-state index in [1.54, 1.807) is 50.8 Å². The second kappa shape index (κ2) is 10.8. The van der Waals surface area contributed by atoms with Gasteiger partial charge in [-0.15, -0.1) is 0 Å². The van der Waals surface area contributed by atoms with Crippen LogP contribution in [-0.2, 0) is 19.5 Å². The summed E-state index contributed by atoms with van der Waals surface area (Å²) >= 11 is 0. The van der Waals surface area contributed by atoms with Crippen LogP contribution in [0.5, 0.6) is 11.5 Å². The molecule has 0 radical (unpaired) electrons. The second-order valence-corrected chi connectivity index (χ2v) is 3.89. The van der Waals surface area contributed by atoms with Crippen molar-refractivity contribution in [1.82, 2.24) is 0 Å². The fourth-order valence-electron chi connectivity index (χ4n) is 1.47. The molecule has 21 heavy (non-hydrogen) atoms. The van der Waals surface area contributed by atoms with Gasteiger partial charge >= 0.3 is 0 Å². The number of benzene rings is 2. The zero-order valence-corrected chi connectivity index (χ0v) is 15.2. The van der Waals surface area contributed by atoms with E-state index in [1.807, 2.05) is 24.3 Å². The normalized spacial score (nSPS) is 10.0. The number of aliphatic imine (C=N–C) groups is 2. The molecule has 0 fully saturated rings. The third-order valence-electron chi connectivity index (χ3n) is 2.41. The number of aromatic hydroxyl groups is 2. The Morgan fingerprint density at radius 2 is 1.05 bits per heavy atom. The molecule has 0 bridgehead atoms. The van der Waals surface area contributed by atoms with Crippen LogP contribution >= 0.6 is 0 Å². The fourth-order valence-corrected chi connectivity index (χ4v) is 1.47. The first-order valence-corrected chi connectivity index (χ1v) is 6.09. The summed E-state index contributed by atoms with van der Waals surface area (Å²) < 4.78 is 0. The second-order valence-electron chi connectivity index (χ2n) is 3.89. The third kappa shape index (κ3) is 6.82. The van der Waals surface area contributed by atoms with E-state index in [0.29, 0.717) is 0 Å². The van der Waals surface area contributed by atoms with Gasteiger partial charge in [-0.2, -0.15) is 0 Å². The average molecular weight is 336 g/mol. The van der Waals surface area contributed by atoms with E-state index in [0.717, 1.165) is 11.1 Å². The van der Waals surface area contributed by atoms with Crippen molar-refractivity contribution in [3.8, 4) is 11.5 Å². The van der Waals surface area contributed by atoms with Crippen LogP contribution in [0.25, 0.3) is 0 Å². The van der Waals surface area contributed by atoms with Crippen molar-refractivity contribution in [2.24, 2.45) is 9.98 Å². The van der Waals surface area contributed by atoms with E-state index in [9.17, 15) is 0 Å². The van der Waals surface area contributed by atoms with Crippen molar-refractivity contribution < 1.29 is 29.7 Å². The maximum atomic E-state index is 9.15. The van der Waals surface area contributed by atoms with E-state index in [2.05, 4.69) is 9.98 Å². The zero-order valence-electron chi connectivity index (χ0n) is 12.3. The van der Waals surface area contributed by atoms with Gasteiger partial charge < -0.3 is 10.2 Å². The van der Waals surface area contributed by atoms with Gasteiger partial charge in [-0.05, 0) is 24.3 Å². The first kappa shape index (κ1) is 19.0. The molecule has 0 heterocycles. The number of nitrogens with zero attached hydrogens (tertiary/aromatic N) is 2. The molecule has 106 valence electrons. The van der Waals surface area contributed by atoms with Gasteiger partial charge in [0.25, 0.3) is 0 Å². The summed E-state index contributed by atoms with van der Waals surface area (Å²) in [7, 11) is 3.35. The monoisotopic (exact) mass is 334 g/mol. The molecule has 0 aliphatic rings. The fraction of sp³-hybridized carbons (Fsp3) is 0.125. The first-order chi connectivity index (χ1) is 9.69. The maximum Gasteiger partial charge on any atom is 0.124 e. The van der Waals surface area contributed by atoms with Crippen LogP contribution in [0, 0.1) is 0 Å². The number of para-hydroxylation sites is 2. The van der Waals surface area contributed by atoms with Crippen molar-refractivity contribution >= 4 is 12.4 Å². The van der Waals surface area contributed by atoms with E-state index in [-0.39, 0.29) is 31.0 Å². The van der Waals surface area contributed by atoms with E-state index < -0.39 is 0 Å². The largest absolute Gasteiger partial charge is 0.507 e. The van der Waals surface area contributed by atoms with E-state index in [1.165, 1.54) is 0 Å². The summed E-state index contributed by atoms with van der Waals surface area (Å²) in [5.41, 5.74) is 1.51. The van der Waals surface area contributed by atoms with Gasteiger partial charge in [-0.3, -0.25) is 9.98 Å². The number of hydrogen-bond donors (Lipinski definition) is 2. The number of rotatable bonds is 2. The molecular formula is C16H18N2O2Zn. The van der Waals surface area contributed by atoms with Gasteiger partial charge in [0.15, 0.2) is 0 Å². The molecule has 2 N–H and O–H groups in total. The predicted molar refractivity (Wildman–Crippen MR) is 83.2 cm³/mol. The van der Waals surface area contributed by atoms with Gasteiger partial charge in [0.1, 0.15) is 11.5 Å². The average Bonchev–Trinajstić information content (AvgIpc) is 2.45. The van der Waals surface area contributed by atoms with Gasteiger partial charge in [0.2, 0.25) is 0 Å². The number of phenolic OH excluding ortho intramolecular Hbond substituents is 2. The van der Waals surface area contributed by atoms with Crippen LogP contribution in [0.2, 0.25) is 0 Å². The van der Waals surface area contributed by atoms with Crippen molar-refractivity contribution in [2.45, 2.75) is 0 Å². The van der Waals surface area contributed by atoms with Crippen LogP contribution in [-0.4, -0.2) is 36.7 Å². The van der Waals surface area contributed by atoms with Crippen molar-refractivity contribution in [2.75, 3.05) is 14.1 Å².